The fourth-order valence-corrected chi connectivity index (χ4v) is 3.85. The van der Waals surface area contributed by atoms with Gasteiger partial charge in [0.05, 0.1) is 5.52 Å². The third-order valence-corrected chi connectivity index (χ3v) is 4.82. The topological polar surface area (TPSA) is 44.3 Å². The molecule has 23 heavy (non-hydrogen) atoms. The second kappa shape index (κ2) is 5.96. The van der Waals surface area contributed by atoms with Gasteiger partial charge in [-0.2, -0.15) is 4.98 Å². The molecule has 0 amide bonds. The molecule has 0 spiro atoms. The number of hydrogen-bond acceptors (Lipinski definition) is 5. The second-order valence-electron chi connectivity index (χ2n) is 6.93. The molecule has 2 saturated heterocycles. The Labute approximate surface area is 137 Å². The van der Waals surface area contributed by atoms with Crippen LogP contribution in [0.4, 0.5) is 11.8 Å². The average Bonchev–Trinajstić information content (AvgIpc) is 3.07. The standard InChI is InChI=1S/C18H25N5/c1-13-11-23(12-14(2)19-13)17-15-7-3-4-8-16(15)20-18(21-17)22-9-5-6-10-22/h3-4,7-8,13-14,19H,5-6,9-12H2,1-2H3. The van der Waals surface area contributed by atoms with Gasteiger partial charge >= 0.3 is 0 Å². The molecular formula is C18H25N5. The molecule has 0 radical (unpaired) electrons. The summed E-state index contributed by atoms with van der Waals surface area (Å²) in [5.41, 5.74) is 1.05. The Morgan fingerprint density at radius 1 is 0.957 bits per heavy atom. The maximum absolute atomic E-state index is 4.99. The maximum Gasteiger partial charge on any atom is 0.227 e. The second-order valence-corrected chi connectivity index (χ2v) is 6.93. The van der Waals surface area contributed by atoms with Gasteiger partial charge in [-0.25, -0.2) is 4.98 Å². The first kappa shape index (κ1) is 14.7. The van der Waals surface area contributed by atoms with Crippen LogP contribution in [-0.4, -0.2) is 48.2 Å². The smallest absolute Gasteiger partial charge is 0.227 e. The highest BCUT2D eigenvalue weighted by molar-refractivity contribution is 5.90. The predicted molar refractivity (Wildman–Crippen MR) is 95.3 cm³/mol. The van der Waals surface area contributed by atoms with E-state index in [2.05, 4.69) is 53.2 Å². The lowest BCUT2D eigenvalue weighted by molar-refractivity contribution is 0.406. The highest BCUT2D eigenvalue weighted by atomic mass is 15.3. The molecule has 5 heteroatoms. The fourth-order valence-electron chi connectivity index (χ4n) is 3.85. The van der Waals surface area contributed by atoms with E-state index >= 15 is 0 Å². The summed E-state index contributed by atoms with van der Waals surface area (Å²) in [7, 11) is 0. The molecule has 0 aliphatic carbocycles. The number of para-hydroxylation sites is 1. The molecule has 4 rings (SSSR count). The first-order chi connectivity index (χ1) is 11.2. The van der Waals surface area contributed by atoms with Crippen molar-refractivity contribution in [1.82, 2.24) is 15.3 Å². The number of benzene rings is 1. The lowest BCUT2D eigenvalue weighted by atomic mass is 10.1. The van der Waals surface area contributed by atoms with Gasteiger partial charge in [-0.3, -0.25) is 0 Å². The Balaban J connectivity index is 1.79. The van der Waals surface area contributed by atoms with Gasteiger partial charge in [0, 0.05) is 43.6 Å². The maximum atomic E-state index is 4.99. The minimum atomic E-state index is 0.475. The molecule has 2 fully saturated rings. The van der Waals surface area contributed by atoms with Crippen molar-refractivity contribution in [3.63, 3.8) is 0 Å². The van der Waals surface area contributed by atoms with Gasteiger partial charge in [0.1, 0.15) is 5.82 Å². The van der Waals surface area contributed by atoms with E-state index in [4.69, 9.17) is 9.97 Å². The predicted octanol–water partition coefficient (Wildman–Crippen LogP) is 2.42. The molecule has 0 saturated carbocycles. The summed E-state index contributed by atoms with van der Waals surface area (Å²) in [4.78, 5) is 14.6. The van der Waals surface area contributed by atoms with Crippen LogP contribution in [0.5, 0.6) is 0 Å². The Kier molecular flexibility index (Phi) is 3.81. The van der Waals surface area contributed by atoms with E-state index in [9.17, 15) is 0 Å². The minimum absolute atomic E-state index is 0.475. The molecule has 5 nitrogen and oxygen atoms in total. The van der Waals surface area contributed by atoms with Crippen LogP contribution >= 0.6 is 0 Å². The van der Waals surface area contributed by atoms with E-state index in [1.165, 1.54) is 12.8 Å². The van der Waals surface area contributed by atoms with Crippen molar-refractivity contribution < 1.29 is 0 Å². The summed E-state index contributed by atoms with van der Waals surface area (Å²) >= 11 is 0. The van der Waals surface area contributed by atoms with Crippen LogP contribution in [0.15, 0.2) is 24.3 Å². The van der Waals surface area contributed by atoms with Crippen LogP contribution in [0.1, 0.15) is 26.7 Å². The zero-order valence-corrected chi connectivity index (χ0v) is 14.0. The molecule has 0 bridgehead atoms. The highest BCUT2D eigenvalue weighted by Crippen LogP contribution is 2.29. The SMILES string of the molecule is CC1CN(c2nc(N3CCCC3)nc3ccccc23)CC(C)N1. The summed E-state index contributed by atoms with van der Waals surface area (Å²) in [5, 5.41) is 4.76. The average molecular weight is 311 g/mol. The normalized spacial score (nSPS) is 25.3. The molecular weight excluding hydrogens is 286 g/mol. The number of aromatic nitrogens is 2. The van der Waals surface area contributed by atoms with Crippen LogP contribution in [0.2, 0.25) is 0 Å². The Morgan fingerprint density at radius 2 is 1.65 bits per heavy atom. The van der Waals surface area contributed by atoms with Gasteiger partial charge in [-0.05, 0) is 38.8 Å². The van der Waals surface area contributed by atoms with Crippen molar-refractivity contribution in [3.8, 4) is 0 Å². The number of piperazine rings is 1. The minimum Gasteiger partial charge on any atom is -0.353 e. The Morgan fingerprint density at radius 3 is 2.39 bits per heavy atom. The number of anilines is 2. The van der Waals surface area contributed by atoms with Crippen molar-refractivity contribution in [2.45, 2.75) is 38.8 Å². The summed E-state index contributed by atoms with van der Waals surface area (Å²) < 4.78 is 0. The molecule has 2 atom stereocenters. The van der Waals surface area contributed by atoms with Crippen molar-refractivity contribution >= 4 is 22.7 Å². The molecule has 1 N–H and O–H groups in total. The fraction of sp³-hybridized carbons (Fsp3) is 0.556. The van der Waals surface area contributed by atoms with Crippen LogP contribution in [0.3, 0.4) is 0 Å². The highest BCUT2D eigenvalue weighted by Gasteiger charge is 2.25. The van der Waals surface area contributed by atoms with Crippen molar-refractivity contribution in [2.24, 2.45) is 0 Å². The van der Waals surface area contributed by atoms with E-state index in [0.29, 0.717) is 12.1 Å². The van der Waals surface area contributed by atoms with E-state index < -0.39 is 0 Å². The Bertz CT molecular complexity index is 685. The molecule has 1 aromatic heterocycles. The molecule has 1 aromatic carbocycles. The van der Waals surface area contributed by atoms with E-state index in [1.807, 2.05) is 0 Å². The molecule has 2 aromatic rings. The number of hydrogen-bond donors (Lipinski definition) is 1. The summed E-state index contributed by atoms with van der Waals surface area (Å²) in [5.74, 6) is 1.99. The Hall–Kier alpha value is -1.88. The number of rotatable bonds is 2. The molecule has 3 heterocycles. The van der Waals surface area contributed by atoms with Crippen molar-refractivity contribution in [2.75, 3.05) is 36.0 Å². The van der Waals surface area contributed by atoms with Crippen LogP contribution < -0.4 is 15.1 Å². The van der Waals surface area contributed by atoms with E-state index in [-0.39, 0.29) is 0 Å². The summed E-state index contributed by atoms with van der Waals surface area (Å²) in [6, 6.07) is 9.35. The molecule has 122 valence electrons. The van der Waals surface area contributed by atoms with Crippen LogP contribution in [-0.2, 0) is 0 Å². The first-order valence-corrected chi connectivity index (χ1v) is 8.73. The van der Waals surface area contributed by atoms with Gasteiger partial charge in [0.25, 0.3) is 0 Å². The van der Waals surface area contributed by atoms with Crippen molar-refractivity contribution in [3.05, 3.63) is 24.3 Å². The zero-order chi connectivity index (χ0) is 15.8. The van der Waals surface area contributed by atoms with Gasteiger partial charge in [0.15, 0.2) is 0 Å². The first-order valence-electron chi connectivity index (χ1n) is 8.73. The number of nitrogens with zero attached hydrogens (tertiary/aromatic N) is 4. The van der Waals surface area contributed by atoms with Crippen LogP contribution in [0, 0.1) is 0 Å². The number of fused-ring (bicyclic) bond motifs is 1. The lowest BCUT2D eigenvalue weighted by Gasteiger charge is -2.37. The van der Waals surface area contributed by atoms with Crippen molar-refractivity contribution in [1.29, 1.82) is 0 Å². The van der Waals surface area contributed by atoms with E-state index in [0.717, 1.165) is 48.8 Å². The third kappa shape index (κ3) is 2.85. The molecule has 2 aliphatic heterocycles. The van der Waals surface area contributed by atoms with Crippen LogP contribution in [0.25, 0.3) is 10.9 Å². The van der Waals surface area contributed by atoms with Gasteiger partial charge in [-0.15, -0.1) is 0 Å². The number of nitrogens with one attached hydrogen (secondary N) is 1. The van der Waals surface area contributed by atoms with Gasteiger partial charge in [0.2, 0.25) is 5.95 Å². The molecule has 2 aliphatic rings. The quantitative estimate of drug-likeness (QED) is 0.923. The molecule has 2 unspecified atom stereocenters. The van der Waals surface area contributed by atoms with Gasteiger partial charge in [-0.1, -0.05) is 12.1 Å². The monoisotopic (exact) mass is 311 g/mol. The van der Waals surface area contributed by atoms with Gasteiger partial charge < -0.3 is 15.1 Å². The summed E-state index contributed by atoms with van der Waals surface area (Å²) in [6.45, 7) is 8.62. The third-order valence-electron chi connectivity index (χ3n) is 4.82. The zero-order valence-electron chi connectivity index (χ0n) is 14.0. The summed E-state index contributed by atoms with van der Waals surface area (Å²) in [6.07, 6.45) is 2.49. The lowest BCUT2D eigenvalue weighted by Crippen LogP contribution is -2.54. The van der Waals surface area contributed by atoms with E-state index in [1.54, 1.807) is 0 Å². The largest absolute Gasteiger partial charge is 0.353 e.